The fourth-order valence-electron chi connectivity index (χ4n) is 5.93. The number of carbonyl (C=O) groups is 2. The van der Waals surface area contributed by atoms with Gasteiger partial charge in [0.15, 0.2) is 6.61 Å². The maximum Gasteiger partial charge on any atom is 0.312 e. The highest BCUT2D eigenvalue weighted by Crippen LogP contribution is 2.60. The molecule has 1 aromatic carbocycles. The monoisotopic (exact) mass is 419 g/mol. The van der Waals surface area contributed by atoms with E-state index in [1.807, 2.05) is 26.0 Å². The van der Waals surface area contributed by atoms with Crippen molar-refractivity contribution >= 4 is 33.5 Å². The number of esters is 1. The molecule has 140 valence electrons. The van der Waals surface area contributed by atoms with Crippen LogP contribution in [-0.4, -0.2) is 18.5 Å². The van der Waals surface area contributed by atoms with E-state index in [0.29, 0.717) is 17.8 Å². The number of halogens is 1. The summed E-state index contributed by atoms with van der Waals surface area (Å²) < 4.78 is 6.49. The quantitative estimate of drug-likeness (QED) is 0.715. The van der Waals surface area contributed by atoms with Crippen LogP contribution in [0.4, 0.5) is 5.69 Å². The first-order valence-corrected chi connectivity index (χ1v) is 10.4. The van der Waals surface area contributed by atoms with Crippen LogP contribution in [0.1, 0.15) is 49.7 Å². The molecule has 1 aromatic rings. The Kier molecular flexibility index (Phi) is 4.62. The molecule has 0 spiro atoms. The standard InChI is InChI=1S/C21H26BrNO3/c1-12-3-17(22)4-13(2)19(12)23-18(24)11-26-20(25)21-8-14-5-15(9-21)7-16(6-14)10-21/h3-4,14-16H,5-11H2,1-2H3,(H,23,24). The van der Waals surface area contributed by atoms with E-state index in [-0.39, 0.29) is 23.9 Å². The van der Waals surface area contributed by atoms with Crippen LogP contribution in [0.15, 0.2) is 16.6 Å². The summed E-state index contributed by atoms with van der Waals surface area (Å²) in [5, 5.41) is 2.90. The lowest BCUT2D eigenvalue weighted by Gasteiger charge is -2.55. The molecule has 26 heavy (non-hydrogen) atoms. The molecule has 4 nitrogen and oxygen atoms in total. The maximum atomic E-state index is 12.8. The summed E-state index contributed by atoms with van der Waals surface area (Å²) in [6.45, 7) is 3.71. The van der Waals surface area contributed by atoms with E-state index in [1.165, 1.54) is 19.3 Å². The van der Waals surface area contributed by atoms with E-state index >= 15 is 0 Å². The van der Waals surface area contributed by atoms with Crippen molar-refractivity contribution in [3.63, 3.8) is 0 Å². The van der Waals surface area contributed by atoms with Gasteiger partial charge in [-0.3, -0.25) is 9.59 Å². The summed E-state index contributed by atoms with van der Waals surface area (Å²) >= 11 is 3.46. The van der Waals surface area contributed by atoms with Gasteiger partial charge in [-0.15, -0.1) is 0 Å². The molecular formula is C21H26BrNO3. The van der Waals surface area contributed by atoms with Crippen molar-refractivity contribution < 1.29 is 14.3 Å². The molecule has 5 heteroatoms. The van der Waals surface area contributed by atoms with Gasteiger partial charge in [0.25, 0.3) is 5.91 Å². The molecule has 0 aliphatic heterocycles. The van der Waals surface area contributed by atoms with Crippen LogP contribution in [0, 0.1) is 37.0 Å². The van der Waals surface area contributed by atoms with Gasteiger partial charge in [-0.25, -0.2) is 0 Å². The lowest BCUT2D eigenvalue weighted by molar-refractivity contribution is -0.172. The zero-order valence-corrected chi connectivity index (χ0v) is 17.0. The second-order valence-electron chi connectivity index (χ2n) is 8.74. The predicted molar refractivity (Wildman–Crippen MR) is 104 cm³/mol. The lowest BCUT2D eigenvalue weighted by Crippen LogP contribution is -2.50. The molecule has 5 rings (SSSR count). The van der Waals surface area contributed by atoms with Crippen LogP contribution >= 0.6 is 15.9 Å². The lowest BCUT2D eigenvalue weighted by atomic mass is 9.49. The minimum atomic E-state index is -0.307. The average molecular weight is 420 g/mol. The van der Waals surface area contributed by atoms with Gasteiger partial charge in [-0.2, -0.15) is 0 Å². The number of anilines is 1. The van der Waals surface area contributed by atoms with E-state index in [4.69, 9.17) is 4.74 Å². The number of rotatable bonds is 4. The van der Waals surface area contributed by atoms with Crippen molar-refractivity contribution in [3.05, 3.63) is 27.7 Å². The first-order valence-electron chi connectivity index (χ1n) is 9.58. The Morgan fingerprint density at radius 3 is 2.08 bits per heavy atom. The molecule has 0 unspecified atom stereocenters. The Morgan fingerprint density at radius 1 is 1.08 bits per heavy atom. The normalized spacial score (nSPS) is 31.7. The molecule has 0 atom stereocenters. The number of benzene rings is 1. The zero-order chi connectivity index (χ0) is 18.5. The van der Waals surface area contributed by atoms with Crippen LogP contribution in [-0.2, 0) is 14.3 Å². The van der Waals surface area contributed by atoms with Gasteiger partial charge in [0.2, 0.25) is 0 Å². The zero-order valence-electron chi connectivity index (χ0n) is 15.4. The topological polar surface area (TPSA) is 55.4 Å². The fraction of sp³-hybridized carbons (Fsp3) is 0.619. The molecular weight excluding hydrogens is 394 g/mol. The average Bonchev–Trinajstić information content (AvgIpc) is 2.54. The number of hydrogen-bond acceptors (Lipinski definition) is 3. The van der Waals surface area contributed by atoms with Crippen molar-refractivity contribution in [2.45, 2.75) is 52.4 Å². The minimum Gasteiger partial charge on any atom is -0.455 e. The molecule has 4 aliphatic rings. The van der Waals surface area contributed by atoms with Crippen LogP contribution < -0.4 is 5.32 Å². The summed E-state index contributed by atoms with van der Waals surface area (Å²) in [4.78, 5) is 25.2. The summed E-state index contributed by atoms with van der Waals surface area (Å²) in [5.41, 5.74) is 2.46. The van der Waals surface area contributed by atoms with Gasteiger partial charge in [-0.05, 0) is 93.4 Å². The smallest absolute Gasteiger partial charge is 0.312 e. The third-order valence-corrected chi connectivity index (χ3v) is 7.03. The van der Waals surface area contributed by atoms with Crippen molar-refractivity contribution in [3.8, 4) is 0 Å². The summed E-state index contributed by atoms with van der Waals surface area (Å²) in [6.07, 6.45) is 6.75. The summed E-state index contributed by atoms with van der Waals surface area (Å²) in [5.74, 6) is 1.66. The summed E-state index contributed by atoms with van der Waals surface area (Å²) in [6, 6.07) is 3.92. The molecule has 4 aliphatic carbocycles. The van der Waals surface area contributed by atoms with Crippen molar-refractivity contribution in [1.82, 2.24) is 0 Å². The van der Waals surface area contributed by atoms with E-state index < -0.39 is 0 Å². The second-order valence-corrected chi connectivity index (χ2v) is 9.65. The predicted octanol–water partition coefficient (Wildman–Crippen LogP) is 4.76. The van der Waals surface area contributed by atoms with E-state index in [2.05, 4.69) is 21.2 Å². The SMILES string of the molecule is Cc1cc(Br)cc(C)c1NC(=O)COC(=O)C12CC3CC(CC(C3)C1)C2. The molecule has 4 saturated carbocycles. The van der Waals surface area contributed by atoms with Gasteiger partial charge < -0.3 is 10.1 Å². The van der Waals surface area contributed by atoms with Gasteiger partial charge >= 0.3 is 5.97 Å². The molecule has 4 bridgehead atoms. The number of aryl methyl sites for hydroxylation is 2. The molecule has 0 heterocycles. The summed E-state index contributed by atoms with van der Waals surface area (Å²) in [7, 11) is 0. The van der Waals surface area contributed by atoms with Gasteiger partial charge in [0.1, 0.15) is 0 Å². The van der Waals surface area contributed by atoms with Gasteiger partial charge in [-0.1, -0.05) is 15.9 Å². The third kappa shape index (κ3) is 3.30. The van der Waals surface area contributed by atoms with Crippen LogP contribution in [0.25, 0.3) is 0 Å². The number of hydrogen-bond donors (Lipinski definition) is 1. The first-order chi connectivity index (χ1) is 12.3. The van der Waals surface area contributed by atoms with Gasteiger partial charge in [0, 0.05) is 10.2 Å². The number of carbonyl (C=O) groups excluding carboxylic acids is 2. The van der Waals surface area contributed by atoms with Crippen molar-refractivity contribution in [2.24, 2.45) is 23.2 Å². The highest BCUT2D eigenvalue weighted by atomic mass is 79.9. The van der Waals surface area contributed by atoms with Crippen LogP contribution in [0.3, 0.4) is 0 Å². The Labute approximate surface area is 163 Å². The van der Waals surface area contributed by atoms with Crippen LogP contribution in [0.5, 0.6) is 0 Å². The highest BCUT2D eigenvalue weighted by Gasteiger charge is 2.55. The van der Waals surface area contributed by atoms with Crippen molar-refractivity contribution in [1.29, 1.82) is 0 Å². The molecule has 1 N–H and O–H groups in total. The Balaban J connectivity index is 1.37. The molecule has 1 amide bonds. The van der Waals surface area contributed by atoms with E-state index in [1.54, 1.807) is 0 Å². The molecule has 4 fully saturated rings. The fourth-order valence-corrected chi connectivity index (χ4v) is 6.61. The number of ether oxygens (including phenoxy) is 1. The van der Waals surface area contributed by atoms with Crippen LogP contribution in [0.2, 0.25) is 0 Å². The Morgan fingerprint density at radius 2 is 1.58 bits per heavy atom. The number of amides is 1. The maximum absolute atomic E-state index is 12.8. The first kappa shape index (κ1) is 18.0. The third-order valence-electron chi connectivity index (χ3n) is 6.57. The Hall–Kier alpha value is -1.36. The molecule has 0 aromatic heterocycles. The Bertz CT molecular complexity index is 699. The minimum absolute atomic E-state index is 0.143. The highest BCUT2D eigenvalue weighted by molar-refractivity contribution is 9.10. The van der Waals surface area contributed by atoms with Crippen molar-refractivity contribution in [2.75, 3.05) is 11.9 Å². The number of nitrogens with one attached hydrogen (secondary N) is 1. The van der Waals surface area contributed by atoms with E-state index in [9.17, 15) is 9.59 Å². The molecule has 0 saturated heterocycles. The largest absolute Gasteiger partial charge is 0.455 e. The van der Waals surface area contributed by atoms with Gasteiger partial charge in [0.05, 0.1) is 5.41 Å². The van der Waals surface area contributed by atoms with E-state index in [0.717, 1.165) is 40.5 Å². The second kappa shape index (κ2) is 6.66. The molecule has 0 radical (unpaired) electrons.